The number of likely N-dealkylation sites (N-methyl/N-ethyl adjacent to an activating group) is 1. The van der Waals surface area contributed by atoms with E-state index in [0.29, 0.717) is 0 Å². The van der Waals surface area contributed by atoms with Gasteiger partial charge in [0, 0.05) is 35.5 Å². The Morgan fingerprint density at radius 1 is 1.15 bits per heavy atom. The van der Waals surface area contributed by atoms with Crippen molar-refractivity contribution in [3.05, 3.63) is 58.8 Å². The Labute approximate surface area is 127 Å². The second-order valence-electron chi connectivity index (χ2n) is 4.49. The summed E-state index contributed by atoms with van der Waals surface area (Å²) in [6, 6.07) is 14.8. The summed E-state index contributed by atoms with van der Waals surface area (Å²) in [5, 5.41) is 3.36. The van der Waals surface area contributed by atoms with Gasteiger partial charge in [-0.1, -0.05) is 22.0 Å². The molecule has 106 valence electrons. The lowest BCUT2D eigenvalue weighted by molar-refractivity contribution is 0.626. The van der Waals surface area contributed by atoms with E-state index in [2.05, 4.69) is 33.1 Å². The molecule has 2 aromatic carbocycles. The van der Waals surface area contributed by atoms with Gasteiger partial charge in [-0.2, -0.15) is 0 Å². The Morgan fingerprint density at radius 3 is 2.55 bits per heavy atom. The second kappa shape index (κ2) is 7.29. The van der Waals surface area contributed by atoms with Crippen LogP contribution < -0.4 is 10.2 Å². The van der Waals surface area contributed by atoms with Gasteiger partial charge >= 0.3 is 0 Å². The number of hydrogen-bond acceptors (Lipinski definition) is 2. The standard InChI is InChI=1S/C16H18BrFN2/c1-2-20(16-5-3-4-14(18)12-16)11-10-19-15-8-6-13(17)7-9-15/h3-9,12,19H,2,10-11H2,1H3. The third-order valence-electron chi connectivity index (χ3n) is 3.11. The molecule has 0 radical (unpaired) electrons. The van der Waals surface area contributed by atoms with E-state index in [4.69, 9.17) is 0 Å². The van der Waals surface area contributed by atoms with Gasteiger partial charge in [-0.25, -0.2) is 4.39 Å². The highest BCUT2D eigenvalue weighted by atomic mass is 79.9. The van der Waals surface area contributed by atoms with E-state index in [1.165, 1.54) is 6.07 Å². The van der Waals surface area contributed by atoms with Crippen LogP contribution in [-0.4, -0.2) is 19.6 Å². The number of nitrogens with one attached hydrogen (secondary N) is 1. The van der Waals surface area contributed by atoms with Gasteiger partial charge < -0.3 is 10.2 Å². The third kappa shape index (κ3) is 4.23. The maximum atomic E-state index is 13.2. The Bertz CT molecular complexity index is 542. The number of halogens is 2. The van der Waals surface area contributed by atoms with Crippen LogP contribution in [0.3, 0.4) is 0 Å². The van der Waals surface area contributed by atoms with Crippen LogP contribution in [0.5, 0.6) is 0 Å². The minimum absolute atomic E-state index is 0.193. The van der Waals surface area contributed by atoms with Crippen LogP contribution in [0.15, 0.2) is 53.0 Å². The van der Waals surface area contributed by atoms with Crippen molar-refractivity contribution in [1.82, 2.24) is 0 Å². The van der Waals surface area contributed by atoms with E-state index >= 15 is 0 Å². The lowest BCUT2D eigenvalue weighted by Crippen LogP contribution is -2.28. The van der Waals surface area contributed by atoms with E-state index in [-0.39, 0.29) is 5.82 Å². The fraction of sp³-hybridized carbons (Fsp3) is 0.250. The van der Waals surface area contributed by atoms with Gasteiger partial charge in [0.1, 0.15) is 5.82 Å². The molecular formula is C16H18BrFN2. The number of hydrogen-bond donors (Lipinski definition) is 1. The Kier molecular flexibility index (Phi) is 5.41. The first kappa shape index (κ1) is 14.9. The van der Waals surface area contributed by atoms with Crippen molar-refractivity contribution in [3.63, 3.8) is 0 Å². The van der Waals surface area contributed by atoms with Gasteiger partial charge in [0.05, 0.1) is 0 Å². The minimum Gasteiger partial charge on any atom is -0.383 e. The molecule has 0 amide bonds. The van der Waals surface area contributed by atoms with Crippen LogP contribution in [0.2, 0.25) is 0 Å². The average Bonchev–Trinajstić information content (AvgIpc) is 2.45. The van der Waals surface area contributed by atoms with Crippen molar-refractivity contribution in [1.29, 1.82) is 0 Å². The van der Waals surface area contributed by atoms with Crippen molar-refractivity contribution in [3.8, 4) is 0 Å². The summed E-state index contributed by atoms with van der Waals surface area (Å²) in [5.74, 6) is -0.193. The van der Waals surface area contributed by atoms with Crippen LogP contribution in [0.25, 0.3) is 0 Å². The summed E-state index contributed by atoms with van der Waals surface area (Å²) in [5.41, 5.74) is 2.01. The first-order chi connectivity index (χ1) is 9.69. The molecule has 0 unspecified atom stereocenters. The first-order valence-corrected chi connectivity index (χ1v) is 7.48. The summed E-state index contributed by atoms with van der Waals surface area (Å²) in [4.78, 5) is 2.15. The molecule has 1 N–H and O–H groups in total. The van der Waals surface area contributed by atoms with Crippen LogP contribution in [0.4, 0.5) is 15.8 Å². The molecule has 0 spiro atoms. The topological polar surface area (TPSA) is 15.3 Å². The van der Waals surface area contributed by atoms with Crippen molar-refractivity contribution in [2.24, 2.45) is 0 Å². The van der Waals surface area contributed by atoms with Gasteiger partial charge in [0.15, 0.2) is 0 Å². The Hall–Kier alpha value is -1.55. The van der Waals surface area contributed by atoms with Crippen molar-refractivity contribution >= 4 is 27.3 Å². The van der Waals surface area contributed by atoms with E-state index in [1.807, 2.05) is 30.3 Å². The largest absolute Gasteiger partial charge is 0.383 e. The van der Waals surface area contributed by atoms with Crippen LogP contribution in [0.1, 0.15) is 6.92 Å². The van der Waals surface area contributed by atoms with Crippen LogP contribution >= 0.6 is 15.9 Å². The van der Waals surface area contributed by atoms with Gasteiger partial charge in [-0.05, 0) is 49.4 Å². The van der Waals surface area contributed by atoms with Gasteiger partial charge in [0.25, 0.3) is 0 Å². The first-order valence-electron chi connectivity index (χ1n) is 6.69. The predicted molar refractivity (Wildman–Crippen MR) is 86.9 cm³/mol. The molecule has 2 nitrogen and oxygen atoms in total. The number of rotatable bonds is 6. The van der Waals surface area contributed by atoms with Crippen molar-refractivity contribution < 1.29 is 4.39 Å². The summed E-state index contributed by atoms with van der Waals surface area (Å²) in [7, 11) is 0. The molecule has 0 fully saturated rings. The predicted octanol–water partition coefficient (Wildman–Crippen LogP) is 4.53. The molecule has 0 aromatic heterocycles. The highest BCUT2D eigenvalue weighted by Crippen LogP contribution is 2.16. The SMILES string of the molecule is CCN(CCNc1ccc(Br)cc1)c1cccc(F)c1. The van der Waals surface area contributed by atoms with Gasteiger partial charge in [0.2, 0.25) is 0 Å². The zero-order valence-corrected chi connectivity index (χ0v) is 13.0. The van der Waals surface area contributed by atoms with Gasteiger partial charge in [-0.15, -0.1) is 0 Å². The molecule has 0 aliphatic carbocycles. The molecule has 4 heteroatoms. The number of nitrogens with zero attached hydrogens (tertiary/aromatic N) is 1. The molecule has 0 aliphatic rings. The maximum absolute atomic E-state index is 13.2. The minimum atomic E-state index is -0.193. The quantitative estimate of drug-likeness (QED) is 0.833. The van der Waals surface area contributed by atoms with E-state index in [9.17, 15) is 4.39 Å². The summed E-state index contributed by atoms with van der Waals surface area (Å²) < 4.78 is 14.3. The highest BCUT2D eigenvalue weighted by Gasteiger charge is 2.04. The summed E-state index contributed by atoms with van der Waals surface area (Å²) in [6.07, 6.45) is 0. The molecule has 0 heterocycles. The zero-order chi connectivity index (χ0) is 14.4. The molecule has 0 aliphatic heterocycles. The lowest BCUT2D eigenvalue weighted by Gasteiger charge is -2.23. The number of anilines is 2. The number of benzene rings is 2. The molecule has 0 saturated carbocycles. The smallest absolute Gasteiger partial charge is 0.125 e. The fourth-order valence-electron chi connectivity index (χ4n) is 2.05. The molecule has 20 heavy (non-hydrogen) atoms. The molecule has 0 bridgehead atoms. The maximum Gasteiger partial charge on any atom is 0.125 e. The second-order valence-corrected chi connectivity index (χ2v) is 5.41. The van der Waals surface area contributed by atoms with E-state index in [0.717, 1.165) is 35.5 Å². The Balaban J connectivity index is 1.89. The molecule has 2 rings (SSSR count). The van der Waals surface area contributed by atoms with Crippen molar-refractivity contribution in [2.75, 3.05) is 29.9 Å². The lowest BCUT2D eigenvalue weighted by atomic mass is 10.2. The average molecular weight is 337 g/mol. The Morgan fingerprint density at radius 2 is 1.90 bits per heavy atom. The third-order valence-corrected chi connectivity index (χ3v) is 3.64. The monoisotopic (exact) mass is 336 g/mol. The molecule has 0 atom stereocenters. The van der Waals surface area contributed by atoms with E-state index in [1.54, 1.807) is 12.1 Å². The molecule has 0 saturated heterocycles. The van der Waals surface area contributed by atoms with Crippen molar-refractivity contribution in [2.45, 2.75) is 6.92 Å². The molecular weight excluding hydrogens is 319 g/mol. The highest BCUT2D eigenvalue weighted by molar-refractivity contribution is 9.10. The van der Waals surface area contributed by atoms with Crippen LogP contribution in [0, 0.1) is 5.82 Å². The molecule has 2 aromatic rings. The summed E-state index contributed by atoms with van der Waals surface area (Å²) in [6.45, 7) is 4.57. The van der Waals surface area contributed by atoms with E-state index < -0.39 is 0 Å². The van der Waals surface area contributed by atoms with Crippen LogP contribution in [-0.2, 0) is 0 Å². The normalized spacial score (nSPS) is 10.3. The zero-order valence-electron chi connectivity index (χ0n) is 11.4. The van der Waals surface area contributed by atoms with Gasteiger partial charge in [-0.3, -0.25) is 0 Å². The fourth-order valence-corrected chi connectivity index (χ4v) is 2.31. The summed E-state index contributed by atoms with van der Waals surface area (Å²) >= 11 is 3.41.